The molecule has 0 saturated carbocycles. The number of aliphatic hydroxyl groups excluding tert-OH is 2. The Hall–Kier alpha value is -1.61. The molecule has 0 bridgehead atoms. The first-order valence-electron chi connectivity index (χ1n) is 9.50. The molecule has 7 nitrogen and oxygen atoms in total. The molecule has 0 aliphatic carbocycles. The van der Waals surface area contributed by atoms with Crippen LogP contribution in [0, 0.1) is 0 Å². The highest BCUT2D eigenvalue weighted by Crippen LogP contribution is 2.36. The van der Waals surface area contributed by atoms with Gasteiger partial charge in [0.05, 0.1) is 11.2 Å². The van der Waals surface area contributed by atoms with Crippen molar-refractivity contribution in [1.29, 1.82) is 0 Å². The number of benzene rings is 1. The molecule has 0 radical (unpaired) electrons. The Morgan fingerprint density at radius 3 is 2.29 bits per heavy atom. The number of carbonyl (C=O) groups is 1. The van der Waals surface area contributed by atoms with Crippen molar-refractivity contribution in [2.75, 3.05) is 6.54 Å². The zero-order valence-electron chi connectivity index (χ0n) is 17.8. The van der Waals surface area contributed by atoms with E-state index < -0.39 is 42.2 Å². The summed E-state index contributed by atoms with van der Waals surface area (Å²) in [5.41, 5.74) is -0.315. The minimum Gasteiger partial charge on any atom is -0.444 e. The number of carbonyl (C=O) groups excluding carboxylic acids is 1. The molecule has 1 aliphatic heterocycles. The van der Waals surface area contributed by atoms with Crippen LogP contribution in [0.5, 0.6) is 0 Å². The lowest BCUT2D eigenvalue weighted by molar-refractivity contribution is 0.00578. The van der Waals surface area contributed by atoms with Crippen molar-refractivity contribution in [2.24, 2.45) is 0 Å². The topological polar surface area (TPSA) is 97.3 Å². The third kappa shape index (κ3) is 5.47. The summed E-state index contributed by atoms with van der Waals surface area (Å²) >= 11 is 0. The minimum absolute atomic E-state index is 0.142. The van der Waals surface area contributed by atoms with Gasteiger partial charge in [0.1, 0.15) is 17.8 Å². The van der Waals surface area contributed by atoms with Gasteiger partial charge in [0, 0.05) is 6.54 Å². The van der Waals surface area contributed by atoms with Gasteiger partial charge in [-0.3, -0.25) is 0 Å². The van der Waals surface area contributed by atoms with E-state index in [0.29, 0.717) is 5.56 Å². The van der Waals surface area contributed by atoms with Gasteiger partial charge in [0.2, 0.25) is 0 Å². The average molecular weight is 393 g/mol. The predicted octanol–water partition coefficient (Wildman–Crippen LogP) is 1.90. The molecule has 1 aromatic rings. The third-order valence-electron chi connectivity index (χ3n) is 5.00. The highest BCUT2D eigenvalue weighted by molar-refractivity contribution is 6.62. The molecule has 2 atom stereocenters. The number of nitrogens with one attached hydrogen (secondary N) is 1. The maximum atomic E-state index is 11.7. The highest BCUT2D eigenvalue weighted by Gasteiger charge is 2.51. The molecule has 0 spiro atoms. The summed E-state index contributed by atoms with van der Waals surface area (Å²) in [6, 6.07) is 7.07. The van der Waals surface area contributed by atoms with Crippen LogP contribution in [0.25, 0.3) is 0 Å². The molecule has 156 valence electrons. The second-order valence-corrected chi connectivity index (χ2v) is 9.15. The first kappa shape index (κ1) is 22.7. The normalized spacial score (nSPS) is 20.5. The summed E-state index contributed by atoms with van der Waals surface area (Å²) in [5, 5.41) is 23.2. The number of alkyl carbamates (subject to hydrolysis) is 1. The van der Waals surface area contributed by atoms with Gasteiger partial charge < -0.3 is 29.6 Å². The zero-order chi connectivity index (χ0) is 21.3. The average Bonchev–Trinajstić information content (AvgIpc) is 2.78. The van der Waals surface area contributed by atoms with E-state index in [4.69, 9.17) is 14.0 Å². The van der Waals surface area contributed by atoms with Gasteiger partial charge >= 0.3 is 13.2 Å². The van der Waals surface area contributed by atoms with E-state index in [1.165, 1.54) is 0 Å². The lowest BCUT2D eigenvalue weighted by atomic mass is 9.78. The Balaban J connectivity index is 2.02. The SMILES string of the molecule is CC(C)(C)OC(=O)NCC(O)C(O)c1cccc(B2OC(C)(C)C(C)(C)O2)c1. The minimum atomic E-state index is -1.19. The van der Waals surface area contributed by atoms with Gasteiger partial charge in [-0.15, -0.1) is 0 Å². The molecular weight excluding hydrogens is 361 g/mol. The van der Waals surface area contributed by atoms with Gasteiger partial charge in [0.25, 0.3) is 0 Å². The fraction of sp³-hybridized carbons (Fsp3) is 0.650. The molecular formula is C20H32BNO6. The lowest BCUT2D eigenvalue weighted by Crippen LogP contribution is -2.41. The number of hydrogen-bond acceptors (Lipinski definition) is 6. The van der Waals surface area contributed by atoms with Gasteiger partial charge in [-0.1, -0.05) is 24.3 Å². The molecule has 28 heavy (non-hydrogen) atoms. The molecule has 3 N–H and O–H groups in total. The zero-order valence-corrected chi connectivity index (χ0v) is 17.8. The Bertz CT molecular complexity index is 684. The van der Waals surface area contributed by atoms with Crippen LogP contribution in [0.4, 0.5) is 4.79 Å². The molecule has 1 amide bonds. The van der Waals surface area contributed by atoms with E-state index >= 15 is 0 Å². The summed E-state index contributed by atoms with van der Waals surface area (Å²) in [4.78, 5) is 11.7. The number of hydrogen-bond donors (Lipinski definition) is 3. The smallest absolute Gasteiger partial charge is 0.444 e. The second kappa shape index (κ2) is 8.03. The highest BCUT2D eigenvalue weighted by atomic mass is 16.7. The molecule has 2 rings (SSSR count). The van der Waals surface area contributed by atoms with Crippen molar-refractivity contribution in [3.8, 4) is 0 Å². The Morgan fingerprint density at radius 1 is 1.18 bits per heavy atom. The summed E-state index contributed by atoms with van der Waals surface area (Å²) in [7, 11) is -0.561. The third-order valence-corrected chi connectivity index (χ3v) is 5.00. The standard InChI is InChI=1S/C20H32BNO6/c1-18(2,3)26-17(25)22-12-15(23)16(24)13-9-8-10-14(11-13)21-27-19(4,5)20(6,7)28-21/h8-11,15-16,23-24H,12H2,1-7H3,(H,22,25). The summed E-state index contributed by atoms with van der Waals surface area (Å²) in [6.07, 6.45) is -3.02. The largest absolute Gasteiger partial charge is 0.494 e. The first-order chi connectivity index (χ1) is 12.7. The van der Waals surface area contributed by atoms with E-state index in [1.54, 1.807) is 39.0 Å². The molecule has 8 heteroatoms. The van der Waals surface area contributed by atoms with E-state index in [0.717, 1.165) is 5.46 Å². The second-order valence-electron chi connectivity index (χ2n) is 9.15. The Kier molecular flexibility index (Phi) is 6.50. The quantitative estimate of drug-likeness (QED) is 0.662. The van der Waals surface area contributed by atoms with E-state index in [2.05, 4.69) is 5.32 Å². The van der Waals surface area contributed by atoms with Crippen LogP contribution in [-0.4, -0.2) is 52.9 Å². The van der Waals surface area contributed by atoms with Crippen molar-refractivity contribution < 1.29 is 29.1 Å². The maximum absolute atomic E-state index is 11.7. The number of rotatable bonds is 5. The molecule has 1 saturated heterocycles. The van der Waals surface area contributed by atoms with Gasteiger partial charge in [0.15, 0.2) is 0 Å². The number of aliphatic hydroxyl groups is 2. The van der Waals surface area contributed by atoms with Crippen molar-refractivity contribution in [1.82, 2.24) is 5.32 Å². The van der Waals surface area contributed by atoms with Crippen LogP contribution in [0.15, 0.2) is 24.3 Å². The Labute approximate surface area is 167 Å². The number of ether oxygens (including phenoxy) is 1. The van der Waals surface area contributed by atoms with Crippen molar-refractivity contribution in [2.45, 2.75) is 77.5 Å². The molecule has 1 fully saturated rings. The van der Waals surface area contributed by atoms with E-state index in [-0.39, 0.29) is 6.54 Å². The van der Waals surface area contributed by atoms with Crippen LogP contribution >= 0.6 is 0 Å². The number of amides is 1. The van der Waals surface area contributed by atoms with Gasteiger partial charge in [-0.25, -0.2) is 4.79 Å². The molecule has 1 aromatic carbocycles. The lowest BCUT2D eigenvalue weighted by Gasteiger charge is -2.32. The molecule has 1 aliphatic rings. The van der Waals surface area contributed by atoms with Crippen LogP contribution in [0.1, 0.15) is 60.1 Å². The van der Waals surface area contributed by atoms with Crippen LogP contribution in [0.2, 0.25) is 0 Å². The molecule has 0 aromatic heterocycles. The first-order valence-corrected chi connectivity index (χ1v) is 9.50. The monoisotopic (exact) mass is 393 g/mol. The van der Waals surface area contributed by atoms with E-state index in [1.807, 2.05) is 33.8 Å². The molecule has 2 unspecified atom stereocenters. The van der Waals surface area contributed by atoms with Crippen molar-refractivity contribution >= 4 is 18.7 Å². The summed E-state index contributed by atoms with van der Waals surface area (Å²) in [6.45, 7) is 13.0. The van der Waals surface area contributed by atoms with Crippen LogP contribution < -0.4 is 10.8 Å². The Morgan fingerprint density at radius 2 is 1.75 bits per heavy atom. The van der Waals surface area contributed by atoms with Crippen LogP contribution in [-0.2, 0) is 14.0 Å². The van der Waals surface area contributed by atoms with Crippen molar-refractivity contribution in [3.05, 3.63) is 29.8 Å². The fourth-order valence-corrected chi connectivity index (χ4v) is 2.70. The van der Waals surface area contributed by atoms with Crippen LogP contribution in [0.3, 0.4) is 0 Å². The molecule has 1 heterocycles. The van der Waals surface area contributed by atoms with Gasteiger partial charge in [-0.05, 0) is 59.5 Å². The summed E-state index contributed by atoms with van der Waals surface area (Å²) < 4.78 is 17.2. The van der Waals surface area contributed by atoms with Crippen molar-refractivity contribution in [3.63, 3.8) is 0 Å². The predicted molar refractivity (Wildman–Crippen MR) is 107 cm³/mol. The van der Waals surface area contributed by atoms with Gasteiger partial charge in [-0.2, -0.15) is 0 Å². The maximum Gasteiger partial charge on any atom is 0.494 e. The summed E-state index contributed by atoms with van der Waals surface area (Å²) in [5.74, 6) is 0. The fourth-order valence-electron chi connectivity index (χ4n) is 2.70. The van der Waals surface area contributed by atoms with E-state index in [9.17, 15) is 15.0 Å².